The van der Waals surface area contributed by atoms with Gasteiger partial charge in [0.05, 0.1) is 18.3 Å². The lowest BCUT2D eigenvalue weighted by Crippen LogP contribution is -2.31. The minimum absolute atomic E-state index is 0.488. The highest BCUT2D eigenvalue weighted by atomic mass is 32.1. The van der Waals surface area contributed by atoms with Crippen LogP contribution in [0.25, 0.3) is 0 Å². The molecule has 1 aromatic heterocycles. The Kier molecular flexibility index (Phi) is 5.81. The van der Waals surface area contributed by atoms with E-state index in [0.29, 0.717) is 12.1 Å². The lowest BCUT2D eigenvalue weighted by molar-refractivity contribution is 0.193. The first-order valence-corrected chi connectivity index (χ1v) is 8.46. The fraction of sp³-hybridized carbons (Fsp3) is 0.800. The summed E-state index contributed by atoms with van der Waals surface area (Å²) in [7, 11) is 2.15. The monoisotopic (exact) mass is 297 g/mol. The SMILES string of the molecule is CCCc1nc(N(C)C2CCOC2)sc1CNC(C)C. The van der Waals surface area contributed by atoms with E-state index in [1.165, 1.54) is 10.6 Å². The predicted octanol–water partition coefficient (Wildman–Crippen LogP) is 2.82. The number of nitrogens with one attached hydrogen (secondary N) is 1. The van der Waals surface area contributed by atoms with Crippen LogP contribution in [0.3, 0.4) is 0 Å². The summed E-state index contributed by atoms with van der Waals surface area (Å²) in [6, 6.07) is 0.998. The fourth-order valence-electron chi connectivity index (χ4n) is 2.37. The van der Waals surface area contributed by atoms with Gasteiger partial charge in [0.15, 0.2) is 5.13 Å². The topological polar surface area (TPSA) is 37.4 Å². The zero-order valence-electron chi connectivity index (χ0n) is 13.1. The van der Waals surface area contributed by atoms with Crippen LogP contribution in [-0.4, -0.2) is 37.3 Å². The Balaban J connectivity index is 2.10. The molecule has 4 nitrogen and oxygen atoms in total. The van der Waals surface area contributed by atoms with E-state index in [1.807, 2.05) is 11.3 Å². The van der Waals surface area contributed by atoms with Crippen LogP contribution in [-0.2, 0) is 17.7 Å². The normalized spacial score (nSPS) is 18.9. The lowest BCUT2D eigenvalue weighted by Gasteiger charge is -2.21. The zero-order valence-corrected chi connectivity index (χ0v) is 13.9. The molecule has 1 atom stereocenters. The van der Waals surface area contributed by atoms with Crippen LogP contribution < -0.4 is 10.2 Å². The van der Waals surface area contributed by atoms with Crippen LogP contribution >= 0.6 is 11.3 Å². The van der Waals surface area contributed by atoms with E-state index in [-0.39, 0.29) is 0 Å². The molecule has 0 bridgehead atoms. The van der Waals surface area contributed by atoms with Gasteiger partial charge in [-0.1, -0.05) is 27.2 Å². The average Bonchev–Trinajstić information content (AvgIpc) is 3.05. The van der Waals surface area contributed by atoms with Crippen molar-refractivity contribution in [3.8, 4) is 0 Å². The molecule has 0 saturated carbocycles. The molecular weight excluding hydrogens is 270 g/mol. The van der Waals surface area contributed by atoms with E-state index in [4.69, 9.17) is 9.72 Å². The lowest BCUT2D eigenvalue weighted by atomic mass is 10.2. The summed E-state index contributed by atoms with van der Waals surface area (Å²) in [5.41, 5.74) is 1.27. The highest BCUT2D eigenvalue weighted by Crippen LogP contribution is 2.29. The first kappa shape index (κ1) is 15.7. The van der Waals surface area contributed by atoms with Gasteiger partial charge >= 0.3 is 0 Å². The number of hydrogen-bond donors (Lipinski definition) is 1. The summed E-state index contributed by atoms with van der Waals surface area (Å²) < 4.78 is 5.49. The van der Waals surface area contributed by atoms with Gasteiger partial charge in [0, 0.05) is 31.1 Å². The number of hydrogen-bond acceptors (Lipinski definition) is 5. The van der Waals surface area contributed by atoms with E-state index < -0.39 is 0 Å². The summed E-state index contributed by atoms with van der Waals surface area (Å²) in [4.78, 5) is 8.56. The van der Waals surface area contributed by atoms with E-state index in [9.17, 15) is 0 Å². The molecule has 1 aliphatic rings. The van der Waals surface area contributed by atoms with Crippen LogP contribution in [0.5, 0.6) is 0 Å². The molecule has 20 heavy (non-hydrogen) atoms. The van der Waals surface area contributed by atoms with Crippen LogP contribution in [0.1, 0.15) is 44.2 Å². The second-order valence-corrected chi connectivity index (χ2v) is 6.84. The van der Waals surface area contributed by atoms with Gasteiger partial charge in [-0.05, 0) is 12.8 Å². The van der Waals surface area contributed by atoms with Crippen LogP contribution in [0.2, 0.25) is 0 Å². The molecule has 1 fully saturated rings. The third-order valence-corrected chi connectivity index (χ3v) is 4.87. The highest BCUT2D eigenvalue weighted by Gasteiger charge is 2.23. The fourth-order valence-corrected chi connectivity index (χ4v) is 3.46. The first-order valence-electron chi connectivity index (χ1n) is 7.64. The number of aromatic nitrogens is 1. The number of ether oxygens (including phenoxy) is 1. The number of anilines is 1. The molecule has 1 aliphatic heterocycles. The van der Waals surface area contributed by atoms with E-state index in [2.05, 4.69) is 38.0 Å². The Hall–Kier alpha value is -0.650. The van der Waals surface area contributed by atoms with Crippen LogP contribution in [0.15, 0.2) is 0 Å². The summed E-state index contributed by atoms with van der Waals surface area (Å²) in [6.45, 7) is 9.22. The standard InChI is InChI=1S/C15H27N3OS/c1-5-6-13-14(9-16-11(2)3)20-15(17-13)18(4)12-7-8-19-10-12/h11-12,16H,5-10H2,1-4H3. The predicted molar refractivity (Wildman–Crippen MR) is 85.7 cm³/mol. The molecule has 0 aliphatic carbocycles. The van der Waals surface area contributed by atoms with Gasteiger partial charge in [0.25, 0.3) is 0 Å². The maximum atomic E-state index is 5.49. The molecule has 5 heteroatoms. The van der Waals surface area contributed by atoms with Crippen molar-refractivity contribution in [1.82, 2.24) is 10.3 Å². The molecule has 0 spiro atoms. The zero-order chi connectivity index (χ0) is 14.5. The molecule has 0 amide bonds. The van der Waals surface area contributed by atoms with E-state index in [1.54, 1.807) is 0 Å². The van der Waals surface area contributed by atoms with Crippen LogP contribution in [0, 0.1) is 0 Å². The third-order valence-electron chi connectivity index (χ3n) is 3.68. The van der Waals surface area contributed by atoms with Crippen molar-refractivity contribution in [3.63, 3.8) is 0 Å². The summed E-state index contributed by atoms with van der Waals surface area (Å²) in [5, 5.41) is 4.65. The third kappa shape index (κ3) is 3.93. The molecule has 1 aromatic rings. The van der Waals surface area contributed by atoms with Gasteiger partial charge in [-0.15, -0.1) is 11.3 Å². The van der Waals surface area contributed by atoms with E-state index >= 15 is 0 Å². The number of rotatable bonds is 7. The first-order chi connectivity index (χ1) is 9.61. The molecule has 114 valence electrons. The summed E-state index contributed by atoms with van der Waals surface area (Å²) >= 11 is 1.83. The Bertz CT molecular complexity index is 413. The van der Waals surface area contributed by atoms with Crippen LogP contribution in [0.4, 0.5) is 5.13 Å². The van der Waals surface area contributed by atoms with Crippen molar-refractivity contribution >= 4 is 16.5 Å². The number of aryl methyl sites for hydroxylation is 1. The second kappa shape index (κ2) is 7.38. The Morgan fingerprint density at radius 2 is 2.30 bits per heavy atom. The number of nitrogens with zero attached hydrogens (tertiary/aromatic N) is 2. The smallest absolute Gasteiger partial charge is 0.185 e. The van der Waals surface area contributed by atoms with Gasteiger partial charge in [-0.3, -0.25) is 0 Å². The highest BCUT2D eigenvalue weighted by molar-refractivity contribution is 7.15. The molecule has 1 unspecified atom stereocenters. The summed E-state index contributed by atoms with van der Waals surface area (Å²) in [6.07, 6.45) is 3.33. The number of likely N-dealkylation sites (N-methyl/N-ethyl adjacent to an activating group) is 1. The van der Waals surface area contributed by atoms with Crippen molar-refractivity contribution in [2.24, 2.45) is 0 Å². The Labute approximate surface area is 126 Å². The molecule has 2 heterocycles. The molecule has 0 aromatic carbocycles. The van der Waals surface area contributed by atoms with Gasteiger partial charge in [-0.25, -0.2) is 4.98 Å². The van der Waals surface area contributed by atoms with Gasteiger partial charge < -0.3 is 15.0 Å². The van der Waals surface area contributed by atoms with Gasteiger partial charge in [-0.2, -0.15) is 0 Å². The maximum Gasteiger partial charge on any atom is 0.185 e. The molecule has 0 radical (unpaired) electrons. The minimum Gasteiger partial charge on any atom is -0.379 e. The van der Waals surface area contributed by atoms with Crippen molar-refractivity contribution in [2.45, 2.75) is 58.7 Å². The molecular formula is C15H27N3OS. The molecule has 1 saturated heterocycles. The molecule has 1 N–H and O–H groups in total. The molecule has 2 rings (SSSR count). The van der Waals surface area contributed by atoms with Gasteiger partial charge in [0.1, 0.15) is 0 Å². The minimum atomic E-state index is 0.488. The quantitative estimate of drug-likeness (QED) is 0.840. The number of thiazole rings is 1. The van der Waals surface area contributed by atoms with Gasteiger partial charge in [0.2, 0.25) is 0 Å². The van der Waals surface area contributed by atoms with E-state index in [0.717, 1.165) is 44.2 Å². The maximum absolute atomic E-state index is 5.49. The summed E-state index contributed by atoms with van der Waals surface area (Å²) in [5.74, 6) is 0. The van der Waals surface area contributed by atoms with Crippen molar-refractivity contribution in [2.75, 3.05) is 25.2 Å². The van der Waals surface area contributed by atoms with Crippen molar-refractivity contribution in [1.29, 1.82) is 0 Å². The average molecular weight is 297 g/mol. The second-order valence-electron chi connectivity index (χ2n) is 5.78. The largest absolute Gasteiger partial charge is 0.379 e. The Morgan fingerprint density at radius 3 is 2.90 bits per heavy atom. The Morgan fingerprint density at radius 1 is 1.50 bits per heavy atom. The van der Waals surface area contributed by atoms with Crippen molar-refractivity contribution < 1.29 is 4.74 Å². The van der Waals surface area contributed by atoms with Crippen molar-refractivity contribution in [3.05, 3.63) is 10.6 Å².